The molecule has 0 saturated carbocycles. The molecule has 1 aromatic rings. The Morgan fingerprint density at radius 3 is 2.05 bits per heavy atom. The molecule has 0 amide bonds. The molecule has 1 aromatic carbocycles. The molecule has 0 bridgehead atoms. The summed E-state index contributed by atoms with van der Waals surface area (Å²) in [5.74, 6) is 0.0962. The van der Waals surface area contributed by atoms with Crippen LogP contribution >= 0.6 is 0 Å². The number of rotatable bonds is 5. The van der Waals surface area contributed by atoms with Crippen LogP contribution in [0.4, 0.5) is 0 Å². The van der Waals surface area contributed by atoms with Gasteiger partial charge in [-0.3, -0.25) is 4.79 Å². The van der Waals surface area contributed by atoms with E-state index in [2.05, 4.69) is 0 Å². The van der Waals surface area contributed by atoms with E-state index in [4.69, 9.17) is 9.47 Å². The third kappa shape index (κ3) is 4.39. The van der Waals surface area contributed by atoms with E-state index < -0.39 is 11.6 Å². The van der Waals surface area contributed by atoms with Crippen LogP contribution in [0.15, 0.2) is 24.3 Å². The van der Waals surface area contributed by atoms with Gasteiger partial charge in [0.1, 0.15) is 5.75 Å². The van der Waals surface area contributed by atoms with E-state index in [-0.39, 0.29) is 11.9 Å². The fraction of sp³-hybridized carbons (Fsp3) is 0.467. The molecule has 19 heavy (non-hydrogen) atoms. The zero-order valence-corrected chi connectivity index (χ0v) is 12.0. The van der Waals surface area contributed by atoms with Crippen LogP contribution in [0.2, 0.25) is 0 Å². The Labute approximate surface area is 113 Å². The van der Waals surface area contributed by atoms with Crippen molar-refractivity contribution in [3.8, 4) is 5.75 Å². The summed E-state index contributed by atoms with van der Waals surface area (Å²) in [5, 5.41) is 0. The topological polar surface area (TPSA) is 52.6 Å². The predicted molar refractivity (Wildman–Crippen MR) is 72.4 cm³/mol. The van der Waals surface area contributed by atoms with Gasteiger partial charge < -0.3 is 9.47 Å². The third-order valence-corrected chi connectivity index (χ3v) is 2.47. The molecule has 0 radical (unpaired) electrons. The van der Waals surface area contributed by atoms with Gasteiger partial charge in [-0.15, -0.1) is 0 Å². The number of carbonyl (C=O) groups excluding carboxylic acids is 2. The Hall–Kier alpha value is -1.84. The SMILES string of the molecule is CC(=O)c1ccc(OC(C)(C)C(=O)OC(C)C)cc1. The molecule has 0 unspecified atom stereocenters. The molecule has 0 saturated heterocycles. The molecular formula is C15H20O4. The summed E-state index contributed by atoms with van der Waals surface area (Å²) < 4.78 is 10.7. The molecule has 4 nitrogen and oxygen atoms in total. The van der Waals surface area contributed by atoms with Crippen LogP contribution in [-0.4, -0.2) is 23.5 Å². The predicted octanol–water partition coefficient (Wildman–Crippen LogP) is 3.00. The van der Waals surface area contributed by atoms with Gasteiger partial charge in [-0.1, -0.05) is 0 Å². The van der Waals surface area contributed by atoms with E-state index in [1.807, 2.05) is 0 Å². The molecule has 0 spiro atoms. The molecular weight excluding hydrogens is 244 g/mol. The molecule has 0 N–H and O–H groups in total. The highest BCUT2D eigenvalue weighted by atomic mass is 16.6. The Kier molecular flexibility index (Phi) is 4.70. The lowest BCUT2D eigenvalue weighted by Gasteiger charge is -2.25. The van der Waals surface area contributed by atoms with Crippen molar-refractivity contribution in [1.82, 2.24) is 0 Å². The second-order valence-corrected chi connectivity index (χ2v) is 5.15. The first kappa shape index (κ1) is 15.2. The van der Waals surface area contributed by atoms with Crippen LogP contribution < -0.4 is 4.74 Å². The number of carbonyl (C=O) groups is 2. The van der Waals surface area contributed by atoms with Crippen molar-refractivity contribution < 1.29 is 19.1 Å². The fourth-order valence-corrected chi connectivity index (χ4v) is 1.45. The monoisotopic (exact) mass is 264 g/mol. The second kappa shape index (κ2) is 5.87. The maximum Gasteiger partial charge on any atom is 0.350 e. The van der Waals surface area contributed by atoms with Crippen LogP contribution in [0.3, 0.4) is 0 Å². The van der Waals surface area contributed by atoms with Crippen molar-refractivity contribution in [3.05, 3.63) is 29.8 Å². The van der Waals surface area contributed by atoms with Gasteiger partial charge in [-0.25, -0.2) is 4.79 Å². The summed E-state index contributed by atoms with van der Waals surface area (Å²) in [4.78, 5) is 23.0. The molecule has 0 atom stereocenters. The lowest BCUT2D eigenvalue weighted by atomic mass is 10.1. The number of Topliss-reactive ketones (excluding diaryl/α,β-unsaturated/α-hetero) is 1. The van der Waals surface area contributed by atoms with Gasteiger partial charge in [0.2, 0.25) is 0 Å². The van der Waals surface area contributed by atoms with Gasteiger partial charge in [0.25, 0.3) is 0 Å². The number of hydrogen-bond acceptors (Lipinski definition) is 4. The molecule has 0 aromatic heterocycles. The third-order valence-electron chi connectivity index (χ3n) is 2.47. The maximum atomic E-state index is 11.9. The molecule has 0 aliphatic heterocycles. The van der Waals surface area contributed by atoms with Crippen molar-refractivity contribution in [3.63, 3.8) is 0 Å². The quantitative estimate of drug-likeness (QED) is 0.606. The van der Waals surface area contributed by atoms with E-state index in [1.165, 1.54) is 6.92 Å². The molecule has 4 heteroatoms. The largest absolute Gasteiger partial charge is 0.476 e. The normalized spacial score (nSPS) is 11.3. The van der Waals surface area contributed by atoms with Gasteiger partial charge in [0.15, 0.2) is 11.4 Å². The van der Waals surface area contributed by atoms with E-state index in [1.54, 1.807) is 52.0 Å². The average molecular weight is 264 g/mol. The Morgan fingerprint density at radius 1 is 1.11 bits per heavy atom. The molecule has 0 fully saturated rings. The Balaban J connectivity index is 2.77. The minimum Gasteiger partial charge on any atom is -0.476 e. The first-order valence-corrected chi connectivity index (χ1v) is 6.23. The van der Waals surface area contributed by atoms with Gasteiger partial charge in [-0.05, 0) is 58.9 Å². The first-order valence-electron chi connectivity index (χ1n) is 6.23. The minimum absolute atomic E-state index is 0.00923. The Morgan fingerprint density at radius 2 is 1.63 bits per heavy atom. The smallest absolute Gasteiger partial charge is 0.350 e. The van der Waals surface area contributed by atoms with Crippen molar-refractivity contribution in [2.75, 3.05) is 0 Å². The number of ether oxygens (including phenoxy) is 2. The van der Waals surface area contributed by atoms with Gasteiger partial charge in [-0.2, -0.15) is 0 Å². The number of hydrogen-bond donors (Lipinski definition) is 0. The summed E-state index contributed by atoms with van der Waals surface area (Å²) >= 11 is 0. The lowest BCUT2D eigenvalue weighted by molar-refractivity contribution is -0.163. The molecule has 1 rings (SSSR count). The van der Waals surface area contributed by atoms with Crippen LogP contribution in [0.25, 0.3) is 0 Å². The second-order valence-electron chi connectivity index (χ2n) is 5.15. The van der Waals surface area contributed by atoms with Crippen LogP contribution in [0.1, 0.15) is 45.0 Å². The zero-order chi connectivity index (χ0) is 14.6. The summed E-state index contributed by atoms with van der Waals surface area (Å²) in [6.07, 6.45) is -0.185. The Bertz CT molecular complexity index is 458. The molecule has 0 heterocycles. The van der Waals surface area contributed by atoms with E-state index in [0.29, 0.717) is 11.3 Å². The maximum absolute atomic E-state index is 11.9. The van der Waals surface area contributed by atoms with Gasteiger partial charge >= 0.3 is 5.97 Å². The summed E-state index contributed by atoms with van der Waals surface area (Å²) in [7, 11) is 0. The summed E-state index contributed by atoms with van der Waals surface area (Å²) in [5.41, 5.74) is -0.461. The first-order chi connectivity index (χ1) is 8.72. The van der Waals surface area contributed by atoms with Crippen molar-refractivity contribution in [1.29, 1.82) is 0 Å². The lowest BCUT2D eigenvalue weighted by Crippen LogP contribution is -2.40. The van der Waals surface area contributed by atoms with Crippen molar-refractivity contribution >= 4 is 11.8 Å². The zero-order valence-electron chi connectivity index (χ0n) is 12.0. The van der Waals surface area contributed by atoms with Crippen molar-refractivity contribution in [2.45, 2.75) is 46.3 Å². The fourth-order valence-electron chi connectivity index (χ4n) is 1.45. The highest BCUT2D eigenvalue weighted by Gasteiger charge is 2.32. The van der Waals surface area contributed by atoms with Gasteiger partial charge in [0.05, 0.1) is 6.10 Å². The number of ketones is 1. The van der Waals surface area contributed by atoms with E-state index in [0.717, 1.165) is 0 Å². The standard InChI is InChI=1S/C15H20O4/c1-10(2)18-14(17)15(4,5)19-13-8-6-12(7-9-13)11(3)16/h6-10H,1-5H3. The minimum atomic E-state index is -1.07. The number of esters is 1. The van der Waals surface area contributed by atoms with E-state index in [9.17, 15) is 9.59 Å². The van der Waals surface area contributed by atoms with Crippen LogP contribution in [0, 0.1) is 0 Å². The van der Waals surface area contributed by atoms with Crippen LogP contribution in [0.5, 0.6) is 5.75 Å². The molecule has 0 aliphatic carbocycles. The van der Waals surface area contributed by atoms with E-state index >= 15 is 0 Å². The highest BCUT2D eigenvalue weighted by Crippen LogP contribution is 2.20. The number of benzene rings is 1. The van der Waals surface area contributed by atoms with Crippen molar-refractivity contribution in [2.24, 2.45) is 0 Å². The summed E-state index contributed by atoms with van der Waals surface area (Å²) in [6, 6.07) is 6.67. The highest BCUT2D eigenvalue weighted by molar-refractivity contribution is 5.94. The molecule has 0 aliphatic rings. The molecule has 104 valence electrons. The van der Waals surface area contributed by atoms with Crippen LogP contribution in [-0.2, 0) is 9.53 Å². The average Bonchev–Trinajstić information content (AvgIpc) is 2.28. The van der Waals surface area contributed by atoms with Gasteiger partial charge in [0, 0.05) is 5.56 Å². The summed E-state index contributed by atoms with van der Waals surface area (Å²) in [6.45, 7) is 8.37.